The van der Waals surface area contributed by atoms with Crippen molar-refractivity contribution in [2.45, 2.75) is 13.5 Å². The molecule has 0 amide bonds. The molecule has 0 radical (unpaired) electrons. The van der Waals surface area contributed by atoms with Crippen LogP contribution in [0.2, 0.25) is 0 Å². The van der Waals surface area contributed by atoms with E-state index in [1.165, 1.54) is 0 Å². The Morgan fingerprint density at radius 1 is 1.47 bits per heavy atom. The number of nitrogens with zero attached hydrogens (tertiary/aromatic N) is 1. The van der Waals surface area contributed by atoms with Gasteiger partial charge in [0.05, 0.1) is 4.92 Å². The first kappa shape index (κ1) is 14.0. The van der Waals surface area contributed by atoms with Gasteiger partial charge in [-0.15, -0.1) is 0 Å². The Bertz CT molecular complexity index is 371. The molecule has 0 heterocycles. The molecular formula is C12H18N2O2S. The average molecular weight is 254 g/mol. The standard InChI is InChI=1S/C12H18N2O2S/c1-10(9-17-2)7-13-8-11-5-3-4-6-12(11)14(15)16/h3-6,10,13H,7-9H2,1-2H3. The zero-order chi connectivity index (χ0) is 12.7. The Morgan fingerprint density at radius 2 is 2.18 bits per heavy atom. The van der Waals surface area contributed by atoms with E-state index in [1.807, 2.05) is 17.8 Å². The Balaban J connectivity index is 2.49. The molecule has 1 atom stereocenters. The van der Waals surface area contributed by atoms with E-state index in [0.29, 0.717) is 12.5 Å². The molecule has 0 aliphatic rings. The molecule has 0 fully saturated rings. The quantitative estimate of drug-likeness (QED) is 0.600. The number of hydrogen-bond donors (Lipinski definition) is 1. The maximum Gasteiger partial charge on any atom is 0.273 e. The SMILES string of the molecule is CSCC(C)CNCc1ccccc1[N+](=O)[O-]. The first-order chi connectivity index (χ1) is 8.15. The second kappa shape index (κ2) is 7.29. The van der Waals surface area contributed by atoms with Gasteiger partial charge in [0.1, 0.15) is 0 Å². The topological polar surface area (TPSA) is 55.2 Å². The van der Waals surface area contributed by atoms with E-state index in [2.05, 4.69) is 18.5 Å². The summed E-state index contributed by atoms with van der Waals surface area (Å²) in [5, 5.41) is 14.1. The molecule has 0 bridgehead atoms. The Labute approximate surface area is 106 Å². The molecule has 1 N–H and O–H groups in total. The number of para-hydroxylation sites is 1. The van der Waals surface area contributed by atoms with Gasteiger partial charge in [0.25, 0.3) is 5.69 Å². The fraction of sp³-hybridized carbons (Fsp3) is 0.500. The first-order valence-corrected chi connectivity index (χ1v) is 6.96. The van der Waals surface area contributed by atoms with Crippen LogP contribution in [-0.2, 0) is 6.54 Å². The van der Waals surface area contributed by atoms with Crippen LogP contribution in [0.25, 0.3) is 0 Å². The maximum atomic E-state index is 10.8. The minimum absolute atomic E-state index is 0.192. The summed E-state index contributed by atoms with van der Waals surface area (Å²) in [6.07, 6.45) is 2.08. The Morgan fingerprint density at radius 3 is 2.82 bits per heavy atom. The normalized spacial score (nSPS) is 12.4. The lowest BCUT2D eigenvalue weighted by Crippen LogP contribution is -2.22. The van der Waals surface area contributed by atoms with Crippen LogP contribution in [0.15, 0.2) is 24.3 Å². The van der Waals surface area contributed by atoms with Crippen LogP contribution in [-0.4, -0.2) is 23.5 Å². The minimum Gasteiger partial charge on any atom is -0.312 e. The predicted molar refractivity (Wildman–Crippen MR) is 72.3 cm³/mol. The van der Waals surface area contributed by atoms with Gasteiger partial charge in [0, 0.05) is 18.2 Å². The fourth-order valence-corrected chi connectivity index (χ4v) is 2.32. The van der Waals surface area contributed by atoms with Gasteiger partial charge in [-0.1, -0.05) is 25.1 Å². The van der Waals surface area contributed by atoms with Crippen molar-refractivity contribution >= 4 is 17.4 Å². The summed E-state index contributed by atoms with van der Waals surface area (Å²) in [6.45, 7) is 3.60. The summed E-state index contributed by atoms with van der Waals surface area (Å²) < 4.78 is 0. The van der Waals surface area contributed by atoms with Crippen molar-refractivity contribution < 1.29 is 4.92 Å². The average Bonchev–Trinajstić information content (AvgIpc) is 2.30. The van der Waals surface area contributed by atoms with E-state index in [-0.39, 0.29) is 10.6 Å². The third-order valence-electron chi connectivity index (χ3n) is 2.45. The molecule has 17 heavy (non-hydrogen) atoms. The number of hydrogen-bond acceptors (Lipinski definition) is 4. The van der Waals surface area contributed by atoms with Gasteiger partial charge in [-0.3, -0.25) is 10.1 Å². The number of benzene rings is 1. The molecule has 1 rings (SSSR count). The molecule has 0 saturated heterocycles. The fourth-order valence-electron chi connectivity index (χ4n) is 1.64. The molecule has 0 aromatic heterocycles. The highest BCUT2D eigenvalue weighted by Crippen LogP contribution is 2.17. The lowest BCUT2D eigenvalue weighted by atomic mass is 10.1. The van der Waals surface area contributed by atoms with Crippen molar-refractivity contribution in [2.24, 2.45) is 5.92 Å². The van der Waals surface area contributed by atoms with Crippen molar-refractivity contribution in [1.82, 2.24) is 5.32 Å². The van der Waals surface area contributed by atoms with Crippen molar-refractivity contribution in [3.05, 3.63) is 39.9 Å². The number of thioether (sulfide) groups is 1. The van der Waals surface area contributed by atoms with Crippen LogP contribution in [0.3, 0.4) is 0 Å². The Kier molecular flexibility index (Phi) is 6.00. The van der Waals surface area contributed by atoms with E-state index in [9.17, 15) is 10.1 Å². The minimum atomic E-state index is -0.331. The monoisotopic (exact) mass is 254 g/mol. The third kappa shape index (κ3) is 4.75. The van der Waals surface area contributed by atoms with E-state index in [4.69, 9.17) is 0 Å². The number of nitrogens with one attached hydrogen (secondary N) is 1. The van der Waals surface area contributed by atoms with Crippen LogP contribution in [0.1, 0.15) is 12.5 Å². The smallest absolute Gasteiger partial charge is 0.273 e. The summed E-state index contributed by atoms with van der Waals surface area (Å²) in [5.41, 5.74) is 0.936. The maximum absolute atomic E-state index is 10.8. The molecule has 0 spiro atoms. The van der Waals surface area contributed by atoms with Crippen LogP contribution < -0.4 is 5.32 Å². The predicted octanol–water partition coefficient (Wildman–Crippen LogP) is 2.68. The molecule has 94 valence electrons. The summed E-state index contributed by atoms with van der Waals surface area (Å²) >= 11 is 1.82. The van der Waals surface area contributed by atoms with E-state index in [1.54, 1.807) is 18.2 Å². The highest BCUT2D eigenvalue weighted by Gasteiger charge is 2.11. The summed E-state index contributed by atoms with van der Waals surface area (Å²) in [5.74, 6) is 1.68. The molecule has 0 saturated carbocycles. The van der Waals surface area contributed by atoms with Gasteiger partial charge >= 0.3 is 0 Å². The number of rotatable bonds is 7. The largest absolute Gasteiger partial charge is 0.312 e. The van der Waals surface area contributed by atoms with E-state index in [0.717, 1.165) is 17.9 Å². The molecule has 4 nitrogen and oxygen atoms in total. The van der Waals surface area contributed by atoms with Gasteiger partial charge in [0.15, 0.2) is 0 Å². The zero-order valence-corrected chi connectivity index (χ0v) is 11.0. The molecule has 1 aromatic rings. The van der Waals surface area contributed by atoms with Crippen molar-refractivity contribution in [1.29, 1.82) is 0 Å². The van der Waals surface area contributed by atoms with Gasteiger partial charge < -0.3 is 5.32 Å². The van der Waals surface area contributed by atoms with Crippen molar-refractivity contribution in [3.63, 3.8) is 0 Å². The van der Waals surface area contributed by atoms with Crippen LogP contribution in [0.5, 0.6) is 0 Å². The van der Waals surface area contributed by atoms with Gasteiger partial charge in [-0.05, 0) is 24.5 Å². The van der Waals surface area contributed by atoms with E-state index >= 15 is 0 Å². The second-order valence-corrected chi connectivity index (χ2v) is 4.99. The number of nitro groups is 1. The van der Waals surface area contributed by atoms with Gasteiger partial charge in [0.2, 0.25) is 0 Å². The lowest BCUT2D eigenvalue weighted by Gasteiger charge is -2.11. The summed E-state index contributed by atoms with van der Waals surface area (Å²) in [7, 11) is 0. The third-order valence-corrected chi connectivity index (χ3v) is 3.35. The van der Waals surface area contributed by atoms with Crippen LogP contribution in [0.4, 0.5) is 5.69 Å². The second-order valence-electron chi connectivity index (χ2n) is 4.08. The van der Waals surface area contributed by atoms with Crippen molar-refractivity contribution in [3.8, 4) is 0 Å². The molecule has 1 unspecified atom stereocenters. The molecule has 1 aromatic carbocycles. The highest BCUT2D eigenvalue weighted by molar-refractivity contribution is 7.98. The zero-order valence-electron chi connectivity index (χ0n) is 10.2. The van der Waals surface area contributed by atoms with Crippen LogP contribution in [0, 0.1) is 16.0 Å². The summed E-state index contributed by atoms with van der Waals surface area (Å²) in [6, 6.07) is 6.86. The molecule has 0 aliphatic carbocycles. The lowest BCUT2D eigenvalue weighted by molar-refractivity contribution is -0.385. The molecule has 0 aliphatic heterocycles. The highest BCUT2D eigenvalue weighted by atomic mass is 32.2. The van der Waals surface area contributed by atoms with Crippen LogP contribution >= 0.6 is 11.8 Å². The molecular weight excluding hydrogens is 236 g/mol. The van der Waals surface area contributed by atoms with Gasteiger partial charge in [-0.2, -0.15) is 11.8 Å². The first-order valence-electron chi connectivity index (χ1n) is 5.57. The van der Waals surface area contributed by atoms with E-state index < -0.39 is 0 Å². The number of nitro benzene ring substituents is 1. The summed E-state index contributed by atoms with van der Waals surface area (Å²) in [4.78, 5) is 10.5. The van der Waals surface area contributed by atoms with Gasteiger partial charge in [-0.25, -0.2) is 0 Å². The Hall–Kier alpha value is -1.07. The van der Waals surface area contributed by atoms with Crippen molar-refractivity contribution in [2.75, 3.05) is 18.6 Å². The molecule has 5 heteroatoms.